The maximum absolute atomic E-state index is 14.1. The molecule has 2 aromatic rings. The number of nitrogens with one attached hydrogen (secondary N) is 1. The first-order valence-electron chi connectivity index (χ1n) is 7.74. The minimum absolute atomic E-state index is 0.131. The van der Waals surface area contributed by atoms with Gasteiger partial charge in [-0.05, 0) is 29.8 Å². The lowest BCUT2D eigenvalue weighted by atomic mass is 10.1. The van der Waals surface area contributed by atoms with Gasteiger partial charge in [0, 0.05) is 45.5 Å². The van der Waals surface area contributed by atoms with Crippen molar-refractivity contribution in [1.29, 1.82) is 0 Å². The molecular formula is C18H22FN3. The third-order valence-corrected chi connectivity index (χ3v) is 4.08. The summed E-state index contributed by atoms with van der Waals surface area (Å²) in [5.41, 5.74) is 3.01. The van der Waals surface area contributed by atoms with Crippen LogP contribution in [0, 0.1) is 5.82 Å². The number of piperazine rings is 1. The fourth-order valence-corrected chi connectivity index (χ4v) is 2.85. The summed E-state index contributed by atoms with van der Waals surface area (Å²) in [4.78, 5) is 4.30. The normalized spacial score (nSPS) is 14.9. The molecule has 1 saturated heterocycles. The number of benzene rings is 2. The lowest BCUT2D eigenvalue weighted by Gasteiger charge is -2.30. The van der Waals surface area contributed by atoms with Gasteiger partial charge < -0.3 is 15.1 Å². The van der Waals surface area contributed by atoms with Crippen LogP contribution in [-0.2, 0) is 6.54 Å². The number of hydrogen-bond acceptors (Lipinski definition) is 3. The van der Waals surface area contributed by atoms with Crippen molar-refractivity contribution >= 4 is 11.4 Å². The molecule has 0 bridgehead atoms. The van der Waals surface area contributed by atoms with Crippen LogP contribution in [0.1, 0.15) is 5.56 Å². The van der Waals surface area contributed by atoms with E-state index in [-0.39, 0.29) is 5.82 Å². The van der Waals surface area contributed by atoms with Crippen LogP contribution in [0.5, 0.6) is 0 Å². The van der Waals surface area contributed by atoms with Gasteiger partial charge in [0.05, 0.1) is 5.69 Å². The maximum atomic E-state index is 14.1. The molecule has 4 heteroatoms. The van der Waals surface area contributed by atoms with E-state index in [2.05, 4.69) is 34.3 Å². The summed E-state index contributed by atoms with van der Waals surface area (Å²) in [5, 5.41) is 3.30. The fourth-order valence-electron chi connectivity index (χ4n) is 2.85. The Morgan fingerprint density at radius 3 is 2.55 bits per heavy atom. The molecule has 0 aromatic heterocycles. The Morgan fingerprint density at radius 2 is 1.82 bits per heavy atom. The van der Waals surface area contributed by atoms with Crippen LogP contribution in [-0.4, -0.2) is 33.2 Å². The molecule has 1 N–H and O–H groups in total. The van der Waals surface area contributed by atoms with Gasteiger partial charge in [0.2, 0.25) is 0 Å². The highest BCUT2D eigenvalue weighted by Gasteiger charge is 2.15. The molecule has 1 aliphatic rings. The summed E-state index contributed by atoms with van der Waals surface area (Å²) in [7, 11) is 2.06. The van der Waals surface area contributed by atoms with Crippen LogP contribution in [0.2, 0.25) is 0 Å². The Morgan fingerprint density at radius 1 is 1.09 bits per heavy atom. The molecule has 22 heavy (non-hydrogen) atoms. The van der Waals surface area contributed by atoms with Crippen LogP contribution in [0.3, 0.4) is 0 Å². The summed E-state index contributed by atoms with van der Waals surface area (Å²) >= 11 is 0. The molecule has 116 valence electrons. The topological polar surface area (TPSA) is 18.5 Å². The van der Waals surface area contributed by atoms with Crippen molar-refractivity contribution in [3.63, 3.8) is 0 Å². The Hall–Kier alpha value is -2.07. The average Bonchev–Trinajstić information content (AvgIpc) is 2.58. The Balaban J connectivity index is 1.77. The molecule has 1 fully saturated rings. The molecular weight excluding hydrogens is 277 g/mol. The predicted molar refractivity (Wildman–Crippen MR) is 90.0 cm³/mol. The van der Waals surface area contributed by atoms with Crippen molar-refractivity contribution in [2.45, 2.75) is 6.54 Å². The third-order valence-electron chi connectivity index (χ3n) is 4.08. The first kappa shape index (κ1) is 14.9. The molecule has 1 aliphatic heterocycles. The van der Waals surface area contributed by atoms with E-state index >= 15 is 0 Å². The summed E-state index contributed by atoms with van der Waals surface area (Å²) < 4.78 is 14.1. The first-order chi connectivity index (χ1) is 10.7. The van der Waals surface area contributed by atoms with Gasteiger partial charge in [-0.2, -0.15) is 0 Å². The van der Waals surface area contributed by atoms with Gasteiger partial charge >= 0.3 is 0 Å². The van der Waals surface area contributed by atoms with E-state index in [1.165, 1.54) is 0 Å². The number of anilines is 2. The minimum atomic E-state index is -0.131. The molecule has 0 unspecified atom stereocenters. The van der Waals surface area contributed by atoms with E-state index in [0.717, 1.165) is 49.7 Å². The molecule has 0 saturated carbocycles. The molecule has 0 spiro atoms. The van der Waals surface area contributed by atoms with Crippen LogP contribution < -0.4 is 15.1 Å². The van der Waals surface area contributed by atoms with E-state index in [1.54, 1.807) is 6.07 Å². The molecule has 1 heterocycles. The fraction of sp³-hybridized carbons (Fsp3) is 0.333. The molecule has 3 rings (SSSR count). The van der Waals surface area contributed by atoms with Gasteiger partial charge in [-0.25, -0.2) is 4.39 Å². The summed E-state index contributed by atoms with van der Waals surface area (Å²) in [6.45, 7) is 4.30. The van der Waals surface area contributed by atoms with Crippen LogP contribution in [0.4, 0.5) is 15.8 Å². The van der Waals surface area contributed by atoms with Gasteiger partial charge in [0.1, 0.15) is 5.82 Å². The number of para-hydroxylation sites is 1. The highest BCUT2D eigenvalue weighted by atomic mass is 19.1. The predicted octanol–water partition coefficient (Wildman–Crippen LogP) is 2.87. The largest absolute Gasteiger partial charge is 0.370 e. The van der Waals surface area contributed by atoms with E-state index in [0.29, 0.717) is 0 Å². The molecule has 0 radical (unpaired) electrons. The van der Waals surface area contributed by atoms with Crippen LogP contribution in [0.25, 0.3) is 0 Å². The lowest BCUT2D eigenvalue weighted by Crippen LogP contribution is -2.43. The van der Waals surface area contributed by atoms with Crippen molar-refractivity contribution in [3.05, 3.63) is 59.9 Å². The van der Waals surface area contributed by atoms with Crippen molar-refractivity contribution in [2.24, 2.45) is 0 Å². The van der Waals surface area contributed by atoms with Crippen molar-refractivity contribution in [3.8, 4) is 0 Å². The zero-order valence-electron chi connectivity index (χ0n) is 12.9. The average molecular weight is 299 g/mol. The highest BCUT2D eigenvalue weighted by Crippen LogP contribution is 2.23. The zero-order chi connectivity index (χ0) is 15.4. The number of rotatable bonds is 4. The van der Waals surface area contributed by atoms with E-state index in [1.807, 2.05) is 30.3 Å². The van der Waals surface area contributed by atoms with Crippen molar-refractivity contribution < 1.29 is 4.39 Å². The van der Waals surface area contributed by atoms with Gasteiger partial charge in [-0.3, -0.25) is 0 Å². The quantitative estimate of drug-likeness (QED) is 0.936. The SMILES string of the molecule is CN(Cc1ccc(F)c(N2CCNCC2)c1)c1ccccc1. The Bertz CT molecular complexity index is 609. The van der Waals surface area contributed by atoms with E-state index in [4.69, 9.17) is 0 Å². The minimum Gasteiger partial charge on any atom is -0.370 e. The smallest absolute Gasteiger partial charge is 0.146 e. The van der Waals surface area contributed by atoms with Crippen molar-refractivity contribution in [1.82, 2.24) is 5.32 Å². The second-order valence-corrected chi connectivity index (χ2v) is 5.71. The van der Waals surface area contributed by atoms with Gasteiger partial charge in [-0.1, -0.05) is 24.3 Å². The highest BCUT2D eigenvalue weighted by molar-refractivity contribution is 5.52. The van der Waals surface area contributed by atoms with E-state index < -0.39 is 0 Å². The van der Waals surface area contributed by atoms with E-state index in [9.17, 15) is 4.39 Å². The van der Waals surface area contributed by atoms with Crippen LogP contribution in [0.15, 0.2) is 48.5 Å². The van der Waals surface area contributed by atoms with Crippen LogP contribution >= 0.6 is 0 Å². The molecule has 0 aliphatic carbocycles. The standard InChI is InChI=1S/C18H22FN3/c1-21(16-5-3-2-4-6-16)14-15-7-8-17(19)18(13-15)22-11-9-20-10-12-22/h2-8,13,20H,9-12,14H2,1H3. The first-order valence-corrected chi connectivity index (χ1v) is 7.74. The third kappa shape index (κ3) is 3.39. The Labute approximate surface area is 131 Å². The Kier molecular flexibility index (Phi) is 4.59. The second kappa shape index (κ2) is 6.79. The monoisotopic (exact) mass is 299 g/mol. The maximum Gasteiger partial charge on any atom is 0.146 e. The second-order valence-electron chi connectivity index (χ2n) is 5.71. The molecule has 0 atom stereocenters. The van der Waals surface area contributed by atoms with Gasteiger partial charge in [-0.15, -0.1) is 0 Å². The number of nitrogens with zero attached hydrogens (tertiary/aromatic N) is 2. The molecule has 0 amide bonds. The zero-order valence-corrected chi connectivity index (χ0v) is 12.9. The summed E-state index contributed by atoms with van der Waals surface area (Å²) in [5.74, 6) is -0.131. The molecule has 2 aromatic carbocycles. The number of hydrogen-bond donors (Lipinski definition) is 1. The van der Waals surface area contributed by atoms with Crippen molar-refractivity contribution in [2.75, 3.05) is 43.0 Å². The number of halogens is 1. The summed E-state index contributed by atoms with van der Waals surface area (Å²) in [6, 6.07) is 15.7. The van der Waals surface area contributed by atoms with Gasteiger partial charge in [0.15, 0.2) is 0 Å². The molecule has 3 nitrogen and oxygen atoms in total. The lowest BCUT2D eigenvalue weighted by molar-refractivity contribution is 0.566. The van der Waals surface area contributed by atoms with Gasteiger partial charge in [0.25, 0.3) is 0 Å². The summed E-state index contributed by atoms with van der Waals surface area (Å²) in [6.07, 6.45) is 0.